The Morgan fingerprint density at radius 1 is 1.39 bits per heavy atom. The fraction of sp³-hybridized carbons (Fsp3) is 0.583. The molecule has 0 radical (unpaired) electrons. The van der Waals surface area contributed by atoms with Crippen LogP contribution in [0.5, 0.6) is 0 Å². The summed E-state index contributed by atoms with van der Waals surface area (Å²) < 4.78 is 1.38. The van der Waals surface area contributed by atoms with E-state index in [0.29, 0.717) is 0 Å². The quantitative estimate of drug-likeness (QED) is 0.855. The van der Waals surface area contributed by atoms with Crippen molar-refractivity contribution in [3.05, 3.63) is 11.8 Å². The van der Waals surface area contributed by atoms with Crippen molar-refractivity contribution < 1.29 is 14.7 Å². The normalized spacial score (nSPS) is 16.5. The number of carboxylic acids is 1. The second-order valence-electron chi connectivity index (χ2n) is 4.66. The van der Waals surface area contributed by atoms with Crippen LogP contribution in [-0.2, 0) is 11.8 Å². The first kappa shape index (κ1) is 12.6. The third-order valence-electron chi connectivity index (χ3n) is 3.39. The summed E-state index contributed by atoms with van der Waals surface area (Å²) in [5, 5.41) is 15.5. The highest BCUT2D eigenvalue weighted by Crippen LogP contribution is 2.25. The fourth-order valence-electron chi connectivity index (χ4n) is 2.33. The van der Waals surface area contributed by atoms with Crippen LogP contribution in [0, 0.1) is 5.92 Å². The number of hydrogen-bond acceptors (Lipinski definition) is 3. The van der Waals surface area contributed by atoms with Gasteiger partial charge in [0.2, 0.25) is 5.91 Å². The minimum Gasteiger partial charge on any atom is -0.477 e. The van der Waals surface area contributed by atoms with Gasteiger partial charge in [0.25, 0.3) is 0 Å². The molecule has 0 aromatic carbocycles. The molecule has 1 fully saturated rings. The van der Waals surface area contributed by atoms with Gasteiger partial charge < -0.3 is 10.4 Å². The molecule has 98 valence electrons. The Morgan fingerprint density at radius 2 is 2.06 bits per heavy atom. The third kappa shape index (κ3) is 2.52. The summed E-state index contributed by atoms with van der Waals surface area (Å²) in [5.41, 5.74) is 0.0293. The zero-order chi connectivity index (χ0) is 13.1. The Hall–Kier alpha value is -1.85. The number of hydrogen-bond donors (Lipinski definition) is 2. The van der Waals surface area contributed by atoms with Gasteiger partial charge in [-0.15, -0.1) is 0 Å². The second-order valence-corrected chi connectivity index (χ2v) is 4.66. The average Bonchev–Trinajstić information content (AvgIpc) is 2.72. The Kier molecular flexibility index (Phi) is 3.64. The molecule has 18 heavy (non-hydrogen) atoms. The minimum atomic E-state index is -1.08. The van der Waals surface area contributed by atoms with Crippen molar-refractivity contribution in [3.63, 3.8) is 0 Å². The molecule has 1 amide bonds. The van der Waals surface area contributed by atoms with Crippen molar-refractivity contribution in [2.75, 3.05) is 5.32 Å². The highest BCUT2D eigenvalue weighted by molar-refractivity contribution is 5.99. The maximum absolute atomic E-state index is 12.0. The lowest BCUT2D eigenvalue weighted by atomic mass is 9.88. The molecule has 2 rings (SSSR count). The number of nitrogens with one attached hydrogen (secondary N) is 1. The number of carbonyl (C=O) groups is 2. The van der Waals surface area contributed by atoms with Crippen LogP contribution in [-0.4, -0.2) is 26.8 Å². The molecular formula is C12H17N3O3. The number of aryl methyl sites for hydroxylation is 1. The highest BCUT2D eigenvalue weighted by Gasteiger charge is 2.24. The summed E-state index contributed by atoms with van der Waals surface area (Å²) in [6.45, 7) is 0. The SMILES string of the molecule is Cn1ncc(C(=O)O)c1NC(=O)C1CCCCC1. The third-order valence-corrected chi connectivity index (χ3v) is 3.39. The van der Waals surface area contributed by atoms with Gasteiger partial charge in [0, 0.05) is 13.0 Å². The lowest BCUT2D eigenvalue weighted by Crippen LogP contribution is -2.26. The van der Waals surface area contributed by atoms with Crippen molar-refractivity contribution in [1.82, 2.24) is 9.78 Å². The molecule has 1 heterocycles. The standard InChI is InChI=1S/C12H17N3O3/c1-15-10(9(7-13-15)12(17)18)14-11(16)8-5-3-2-4-6-8/h7-8H,2-6H2,1H3,(H,14,16)(H,17,18). The number of carbonyl (C=O) groups excluding carboxylic acids is 1. The van der Waals surface area contributed by atoms with Gasteiger partial charge in [-0.25, -0.2) is 4.79 Å². The molecule has 0 saturated heterocycles. The van der Waals surface area contributed by atoms with Crippen molar-refractivity contribution in [1.29, 1.82) is 0 Å². The van der Waals surface area contributed by atoms with Crippen LogP contribution in [0.25, 0.3) is 0 Å². The lowest BCUT2D eigenvalue weighted by molar-refractivity contribution is -0.120. The first-order chi connectivity index (χ1) is 8.59. The number of aromatic carboxylic acids is 1. The van der Waals surface area contributed by atoms with E-state index in [0.717, 1.165) is 25.7 Å². The summed E-state index contributed by atoms with van der Waals surface area (Å²) >= 11 is 0. The Balaban J connectivity index is 2.10. The van der Waals surface area contributed by atoms with Gasteiger partial charge in [0.15, 0.2) is 0 Å². The molecule has 6 heteroatoms. The van der Waals surface area contributed by atoms with Crippen LogP contribution in [0.2, 0.25) is 0 Å². The summed E-state index contributed by atoms with van der Waals surface area (Å²) in [5.74, 6) is -0.920. The molecule has 1 aliphatic rings. The van der Waals surface area contributed by atoms with Crippen LogP contribution in [0.4, 0.5) is 5.82 Å². The zero-order valence-corrected chi connectivity index (χ0v) is 10.3. The van der Waals surface area contributed by atoms with Gasteiger partial charge in [-0.1, -0.05) is 19.3 Å². The van der Waals surface area contributed by atoms with Gasteiger partial charge in [-0.3, -0.25) is 9.48 Å². The lowest BCUT2D eigenvalue weighted by Gasteiger charge is -2.20. The largest absolute Gasteiger partial charge is 0.477 e. The molecule has 1 aliphatic carbocycles. The Labute approximate surface area is 105 Å². The summed E-state index contributed by atoms with van der Waals surface area (Å²) in [6.07, 6.45) is 6.32. The maximum Gasteiger partial charge on any atom is 0.341 e. The Bertz CT molecular complexity index is 461. The summed E-state index contributed by atoms with van der Waals surface area (Å²) in [6, 6.07) is 0. The van der Waals surface area contributed by atoms with Crippen molar-refractivity contribution in [2.45, 2.75) is 32.1 Å². The average molecular weight is 251 g/mol. The number of rotatable bonds is 3. The van der Waals surface area contributed by atoms with E-state index in [9.17, 15) is 9.59 Å². The molecule has 0 atom stereocenters. The molecule has 0 bridgehead atoms. The topological polar surface area (TPSA) is 84.2 Å². The van der Waals surface area contributed by atoms with Gasteiger partial charge in [-0.2, -0.15) is 5.10 Å². The zero-order valence-electron chi connectivity index (χ0n) is 10.3. The minimum absolute atomic E-state index is 0.00436. The van der Waals surface area contributed by atoms with Crippen molar-refractivity contribution >= 4 is 17.7 Å². The molecule has 1 aromatic rings. The fourth-order valence-corrected chi connectivity index (χ4v) is 2.33. The first-order valence-electron chi connectivity index (χ1n) is 6.15. The highest BCUT2D eigenvalue weighted by atomic mass is 16.4. The van der Waals surface area contributed by atoms with E-state index >= 15 is 0 Å². The molecule has 0 unspecified atom stereocenters. The summed E-state index contributed by atoms with van der Waals surface area (Å²) in [7, 11) is 1.61. The smallest absolute Gasteiger partial charge is 0.341 e. The van der Waals surface area contributed by atoms with Crippen LogP contribution < -0.4 is 5.32 Å². The number of amides is 1. The summed E-state index contributed by atoms with van der Waals surface area (Å²) in [4.78, 5) is 23.0. The van der Waals surface area contributed by atoms with Gasteiger partial charge in [-0.05, 0) is 12.8 Å². The van der Waals surface area contributed by atoms with E-state index in [-0.39, 0.29) is 23.2 Å². The van der Waals surface area contributed by atoms with Crippen molar-refractivity contribution in [3.8, 4) is 0 Å². The number of anilines is 1. The number of carboxylic acid groups (broad SMARTS) is 1. The maximum atomic E-state index is 12.0. The predicted molar refractivity (Wildman–Crippen MR) is 65.4 cm³/mol. The predicted octanol–water partition coefficient (Wildman–Crippen LogP) is 1.64. The molecule has 0 aliphatic heterocycles. The first-order valence-corrected chi connectivity index (χ1v) is 6.15. The second kappa shape index (κ2) is 5.20. The number of aromatic nitrogens is 2. The van der Waals surface area contributed by atoms with E-state index in [2.05, 4.69) is 10.4 Å². The van der Waals surface area contributed by atoms with Crippen molar-refractivity contribution in [2.24, 2.45) is 13.0 Å². The van der Waals surface area contributed by atoms with Gasteiger partial charge in [0.05, 0.1) is 6.20 Å². The van der Waals surface area contributed by atoms with Crippen LogP contribution in [0.1, 0.15) is 42.5 Å². The van der Waals surface area contributed by atoms with E-state index in [4.69, 9.17) is 5.11 Å². The van der Waals surface area contributed by atoms with E-state index in [1.807, 2.05) is 0 Å². The molecule has 6 nitrogen and oxygen atoms in total. The Morgan fingerprint density at radius 3 is 2.67 bits per heavy atom. The van der Waals surface area contributed by atoms with Gasteiger partial charge >= 0.3 is 5.97 Å². The molecule has 0 spiro atoms. The molecule has 1 aromatic heterocycles. The van der Waals surface area contributed by atoms with E-state index in [1.165, 1.54) is 17.3 Å². The van der Waals surface area contributed by atoms with Crippen LogP contribution in [0.3, 0.4) is 0 Å². The molecule has 2 N–H and O–H groups in total. The monoisotopic (exact) mass is 251 g/mol. The van der Waals surface area contributed by atoms with E-state index in [1.54, 1.807) is 7.05 Å². The number of nitrogens with zero attached hydrogens (tertiary/aromatic N) is 2. The molecule has 1 saturated carbocycles. The van der Waals surface area contributed by atoms with E-state index < -0.39 is 5.97 Å². The van der Waals surface area contributed by atoms with Gasteiger partial charge in [0.1, 0.15) is 11.4 Å². The van der Waals surface area contributed by atoms with Crippen LogP contribution in [0.15, 0.2) is 6.20 Å². The van der Waals surface area contributed by atoms with Crippen LogP contribution >= 0.6 is 0 Å². The molecular weight excluding hydrogens is 234 g/mol.